The van der Waals surface area contributed by atoms with Crippen molar-refractivity contribution in [1.82, 2.24) is 0 Å². The number of halogens is 1. The molecule has 0 atom stereocenters. The van der Waals surface area contributed by atoms with Gasteiger partial charge in [0, 0.05) is 16.4 Å². The molecule has 0 fully saturated rings. The lowest BCUT2D eigenvalue weighted by Crippen LogP contribution is -1.97. The van der Waals surface area contributed by atoms with Crippen molar-refractivity contribution in [1.29, 1.82) is 0 Å². The summed E-state index contributed by atoms with van der Waals surface area (Å²) in [6.45, 7) is 0. The first kappa shape index (κ1) is 16.1. The molecule has 5 heteroatoms. The Morgan fingerprint density at radius 1 is 1.23 bits per heavy atom. The predicted molar refractivity (Wildman–Crippen MR) is 105 cm³/mol. The minimum Gasteiger partial charge on any atom is -0.508 e. The molecule has 1 aliphatic rings. The van der Waals surface area contributed by atoms with Gasteiger partial charge in [-0.25, -0.2) is 0 Å². The fourth-order valence-corrected chi connectivity index (χ4v) is 5.54. The summed E-state index contributed by atoms with van der Waals surface area (Å²) in [6, 6.07) is 13.8. The second kappa shape index (κ2) is 7.19. The van der Waals surface area contributed by atoms with E-state index in [0.29, 0.717) is 5.75 Å². The SMILES string of the molecule is COc1ccc(CSC2=C(I)SCc3ccc(O)cc32)cc1. The molecular weight excluding hydrogens is 427 g/mol. The number of phenols is 1. The van der Waals surface area contributed by atoms with Gasteiger partial charge >= 0.3 is 0 Å². The van der Waals surface area contributed by atoms with Gasteiger partial charge in [-0.05, 0) is 63.5 Å². The van der Waals surface area contributed by atoms with E-state index >= 15 is 0 Å². The Labute approximate surface area is 152 Å². The van der Waals surface area contributed by atoms with Crippen LogP contribution in [0, 0.1) is 0 Å². The van der Waals surface area contributed by atoms with Crippen LogP contribution >= 0.6 is 46.1 Å². The van der Waals surface area contributed by atoms with Crippen LogP contribution < -0.4 is 4.74 Å². The van der Waals surface area contributed by atoms with Crippen molar-refractivity contribution in [2.75, 3.05) is 7.11 Å². The summed E-state index contributed by atoms with van der Waals surface area (Å²) >= 11 is 6.08. The Bertz CT molecular complexity index is 711. The van der Waals surface area contributed by atoms with E-state index in [9.17, 15) is 5.11 Å². The van der Waals surface area contributed by atoms with E-state index in [4.69, 9.17) is 4.74 Å². The highest BCUT2D eigenvalue weighted by Crippen LogP contribution is 2.48. The van der Waals surface area contributed by atoms with Crippen LogP contribution in [0.25, 0.3) is 4.91 Å². The first-order valence-corrected chi connectivity index (χ1v) is 9.83. The van der Waals surface area contributed by atoms with Crippen LogP contribution in [0.4, 0.5) is 0 Å². The van der Waals surface area contributed by atoms with E-state index in [1.807, 2.05) is 47.8 Å². The highest BCUT2D eigenvalue weighted by Gasteiger charge is 2.19. The maximum absolute atomic E-state index is 9.78. The lowest BCUT2D eigenvalue weighted by molar-refractivity contribution is 0.414. The molecule has 0 aliphatic carbocycles. The van der Waals surface area contributed by atoms with Gasteiger partial charge in [0.2, 0.25) is 0 Å². The molecule has 1 aliphatic heterocycles. The predicted octanol–water partition coefficient (Wildman–Crippen LogP) is 5.64. The molecule has 0 aromatic heterocycles. The lowest BCUT2D eigenvalue weighted by Gasteiger charge is -2.20. The molecule has 1 heterocycles. The third-order valence-electron chi connectivity index (χ3n) is 3.41. The van der Waals surface area contributed by atoms with E-state index in [2.05, 4.69) is 34.7 Å². The number of hydrogen-bond acceptors (Lipinski definition) is 4. The minimum absolute atomic E-state index is 0.331. The van der Waals surface area contributed by atoms with Crippen molar-refractivity contribution < 1.29 is 9.84 Å². The fourth-order valence-electron chi connectivity index (χ4n) is 2.23. The molecule has 0 saturated carbocycles. The molecule has 22 heavy (non-hydrogen) atoms. The Hall–Kier alpha value is -0.790. The van der Waals surface area contributed by atoms with E-state index in [1.54, 1.807) is 13.2 Å². The van der Waals surface area contributed by atoms with E-state index in [0.717, 1.165) is 17.3 Å². The first-order valence-electron chi connectivity index (χ1n) is 6.78. The maximum atomic E-state index is 9.78. The molecule has 2 aromatic rings. The van der Waals surface area contributed by atoms with E-state index < -0.39 is 0 Å². The molecule has 3 rings (SSSR count). The van der Waals surface area contributed by atoms with Crippen LogP contribution in [0.1, 0.15) is 16.7 Å². The Kier molecular flexibility index (Phi) is 5.25. The highest BCUT2D eigenvalue weighted by atomic mass is 127. The van der Waals surface area contributed by atoms with Gasteiger partial charge in [0.05, 0.1) is 10.0 Å². The van der Waals surface area contributed by atoms with Crippen LogP contribution in [0.5, 0.6) is 11.5 Å². The van der Waals surface area contributed by atoms with Gasteiger partial charge < -0.3 is 9.84 Å². The number of rotatable bonds is 4. The van der Waals surface area contributed by atoms with E-state index in [-0.39, 0.29) is 0 Å². The summed E-state index contributed by atoms with van der Waals surface area (Å²) in [5.41, 5.74) is 3.72. The molecule has 0 radical (unpaired) electrons. The van der Waals surface area contributed by atoms with Crippen molar-refractivity contribution >= 4 is 51.0 Å². The Morgan fingerprint density at radius 2 is 2.00 bits per heavy atom. The van der Waals surface area contributed by atoms with E-state index in [1.165, 1.54) is 24.5 Å². The van der Waals surface area contributed by atoms with Gasteiger partial charge in [0.15, 0.2) is 0 Å². The maximum Gasteiger partial charge on any atom is 0.118 e. The van der Waals surface area contributed by atoms with Crippen LogP contribution in [-0.2, 0) is 11.5 Å². The summed E-state index contributed by atoms with van der Waals surface area (Å²) in [4.78, 5) is 1.26. The quantitative estimate of drug-likeness (QED) is 0.621. The number of phenolic OH excluding ortho intramolecular Hbond substituents is 1. The number of fused-ring (bicyclic) bond motifs is 1. The third-order valence-corrected chi connectivity index (χ3v) is 7.49. The van der Waals surface area contributed by atoms with Crippen molar-refractivity contribution in [3.8, 4) is 11.5 Å². The van der Waals surface area contributed by atoms with Crippen LogP contribution in [-0.4, -0.2) is 12.2 Å². The second-order valence-corrected chi connectivity index (χ2v) is 8.65. The largest absolute Gasteiger partial charge is 0.508 e. The van der Waals surface area contributed by atoms with Crippen molar-refractivity contribution in [3.63, 3.8) is 0 Å². The molecule has 114 valence electrons. The zero-order valence-corrected chi connectivity index (χ0v) is 15.8. The zero-order chi connectivity index (χ0) is 15.5. The Balaban J connectivity index is 1.80. The third kappa shape index (κ3) is 3.58. The summed E-state index contributed by atoms with van der Waals surface area (Å²) < 4.78 is 6.49. The molecule has 0 saturated heterocycles. The minimum atomic E-state index is 0.331. The van der Waals surface area contributed by atoms with Gasteiger partial charge in [0.25, 0.3) is 0 Å². The number of ether oxygens (including phenoxy) is 1. The smallest absolute Gasteiger partial charge is 0.118 e. The van der Waals surface area contributed by atoms with Crippen molar-refractivity contribution in [2.24, 2.45) is 0 Å². The van der Waals surface area contributed by atoms with Gasteiger partial charge in [-0.1, -0.05) is 18.2 Å². The highest BCUT2D eigenvalue weighted by molar-refractivity contribution is 14.1. The van der Waals surface area contributed by atoms with Crippen LogP contribution in [0.3, 0.4) is 0 Å². The molecular formula is C17H15IO2S2. The van der Waals surface area contributed by atoms with Crippen molar-refractivity contribution in [3.05, 3.63) is 62.1 Å². The normalized spacial score (nSPS) is 13.9. The molecule has 2 aromatic carbocycles. The van der Waals surface area contributed by atoms with Gasteiger partial charge in [-0.3, -0.25) is 0 Å². The van der Waals surface area contributed by atoms with Crippen LogP contribution in [0.15, 0.2) is 45.4 Å². The summed E-state index contributed by atoms with van der Waals surface area (Å²) in [5.74, 6) is 3.09. The van der Waals surface area contributed by atoms with Gasteiger partial charge in [-0.15, -0.1) is 23.5 Å². The average Bonchev–Trinajstić information content (AvgIpc) is 2.54. The first-order chi connectivity index (χ1) is 10.7. The zero-order valence-electron chi connectivity index (χ0n) is 12.0. The summed E-state index contributed by atoms with van der Waals surface area (Å²) in [7, 11) is 1.68. The molecule has 1 N–H and O–H groups in total. The summed E-state index contributed by atoms with van der Waals surface area (Å²) in [5, 5.41) is 9.78. The Morgan fingerprint density at radius 3 is 2.73 bits per heavy atom. The number of thioether (sulfide) groups is 2. The molecule has 0 spiro atoms. The van der Waals surface area contributed by atoms with Crippen molar-refractivity contribution in [2.45, 2.75) is 11.5 Å². The molecule has 0 unspecified atom stereocenters. The molecule has 0 bridgehead atoms. The topological polar surface area (TPSA) is 29.5 Å². The number of methoxy groups -OCH3 is 1. The number of aromatic hydroxyl groups is 1. The standard InChI is InChI=1S/C17H15IO2S2/c1-20-14-6-2-11(3-7-14)9-21-16-15-8-13(19)5-4-12(15)10-22-17(16)18/h2-8,19H,9-10H2,1H3. The monoisotopic (exact) mass is 442 g/mol. The fraction of sp³-hybridized carbons (Fsp3) is 0.176. The lowest BCUT2D eigenvalue weighted by atomic mass is 10.1. The second-order valence-electron chi connectivity index (χ2n) is 4.87. The molecule has 2 nitrogen and oxygen atoms in total. The molecule has 0 amide bonds. The van der Waals surface area contributed by atoms with Gasteiger partial charge in [-0.2, -0.15) is 0 Å². The number of hydrogen-bond donors (Lipinski definition) is 1. The van der Waals surface area contributed by atoms with Gasteiger partial charge in [0.1, 0.15) is 11.5 Å². The average molecular weight is 442 g/mol. The summed E-state index contributed by atoms with van der Waals surface area (Å²) in [6.07, 6.45) is 0. The van der Waals surface area contributed by atoms with Crippen LogP contribution in [0.2, 0.25) is 0 Å². The number of benzene rings is 2.